The van der Waals surface area contributed by atoms with Gasteiger partial charge < -0.3 is 15.7 Å². The van der Waals surface area contributed by atoms with Crippen molar-refractivity contribution in [1.82, 2.24) is 4.90 Å². The van der Waals surface area contributed by atoms with Crippen molar-refractivity contribution in [1.29, 1.82) is 0 Å². The van der Waals surface area contributed by atoms with E-state index in [1.165, 1.54) is 4.90 Å². The van der Waals surface area contributed by atoms with Gasteiger partial charge in [0.1, 0.15) is 6.04 Å². The van der Waals surface area contributed by atoms with Crippen LogP contribution in [0.4, 0.5) is 4.79 Å². The molecule has 0 spiro atoms. The van der Waals surface area contributed by atoms with Gasteiger partial charge in [0.25, 0.3) is 5.24 Å². The molecule has 1 atom stereocenters. The number of thioether (sulfide) groups is 1. The molecule has 3 N–H and O–H groups in total. The van der Waals surface area contributed by atoms with Crippen LogP contribution in [0.15, 0.2) is 0 Å². The number of aliphatic carboxylic acids is 1. The SMILES string of the molecule is NCCSC(=O)N1CCC[C@H]1C(=O)O. The molecular formula is C8H14N2O3S. The monoisotopic (exact) mass is 218 g/mol. The van der Waals surface area contributed by atoms with Crippen molar-refractivity contribution in [3.8, 4) is 0 Å². The number of hydrogen-bond donors (Lipinski definition) is 2. The lowest BCUT2D eigenvalue weighted by Crippen LogP contribution is -2.38. The van der Waals surface area contributed by atoms with Gasteiger partial charge in [0.05, 0.1) is 0 Å². The third-order valence-electron chi connectivity index (χ3n) is 2.12. The smallest absolute Gasteiger partial charge is 0.326 e. The molecule has 0 unspecified atom stereocenters. The number of amides is 1. The zero-order valence-electron chi connectivity index (χ0n) is 7.81. The predicted molar refractivity (Wildman–Crippen MR) is 54.3 cm³/mol. The highest BCUT2D eigenvalue weighted by atomic mass is 32.2. The van der Waals surface area contributed by atoms with Crippen LogP contribution in [0.25, 0.3) is 0 Å². The number of rotatable bonds is 3. The number of nitrogens with zero attached hydrogens (tertiary/aromatic N) is 1. The van der Waals surface area contributed by atoms with Gasteiger partial charge in [-0.2, -0.15) is 0 Å². The summed E-state index contributed by atoms with van der Waals surface area (Å²) in [6, 6.07) is -0.632. The summed E-state index contributed by atoms with van der Waals surface area (Å²) >= 11 is 1.09. The largest absolute Gasteiger partial charge is 0.480 e. The minimum atomic E-state index is -0.913. The first-order valence-corrected chi connectivity index (χ1v) is 5.51. The van der Waals surface area contributed by atoms with Gasteiger partial charge in [0, 0.05) is 18.8 Å². The highest BCUT2D eigenvalue weighted by Gasteiger charge is 2.33. The lowest BCUT2D eigenvalue weighted by molar-refractivity contribution is -0.141. The fraction of sp³-hybridized carbons (Fsp3) is 0.750. The zero-order valence-corrected chi connectivity index (χ0v) is 8.63. The first-order chi connectivity index (χ1) is 6.66. The minimum Gasteiger partial charge on any atom is -0.480 e. The molecule has 1 fully saturated rings. The summed E-state index contributed by atoms with van der Waals surface area (Å²) < 4.78 is 0. The van der Waals surface area contributed by atoms with Gasteiger partial charge in [-0.05, 0) is 12.8 Å². The normalized spacial score (nSPS) is 21.2. The van der Waals surface area contributed by atoms with E-state index in [9.17, 15) is 9.59 Å². The minimum absolute atomic E-state index is 0.166. The molecule has 0 radical (unpaired) electrons. The average Bonchev–Trinajstić information content (AvgIpc) is 2.62. The van der Waals surface area contributed by atoms with Crippen LogP contribution in [0.2, 0.25) is 0 Å². The van der Waals surface area contributed by atoms with Crippen LogP contribution >= 0.6 is 11.8 Å². The van der Waals surface area contributed by atoms with Crippen molar-refractivity contribution in [2.75, 3.05) is 18.8 Å². The van der Waals surface area contributed by atoms with Crippen molar-refractivity contribution >= 4 is 23.0 Å². The van der Waals surface area contributed by atoms with Gasteiger partial charge in [-0.3, -0.25) is 4.79 Å². The molecule has 0 aromatic carbocycles. The predicted octanol–water partition coefficient (Wildman–Crippen LogP) is 0.347. The lowest BCUT2D eigenvalue weighted by atomic mass is 10.2. The van der Waals surface area contributed by atoms with Crippen LogP contribution in [0.5, 0.6) is 0 Å². The van der Waals surface area contributed by atoms with E-state index >= 15 is 0 Å². The van der Waals surface area contributed by atoms with E-state index in [0.29, 0.717) is 25.3 Å². The molecule has 0 aromatic rings. The standard InChI is InChI=1S/C8H14N2O3S/c9-3-5-14-8(13)10-4-1-2-6(10)7(11)12/h6H,1-5,9H2,(H,11,12)/t6-/m0/s1. The second kappa shape index (κ2) is 5.21. The molecule has 0 aliphatic carbocycles. The first-order valence-electron chi connectivity index (χ1n) is 4.53. The number of likely N-dealkylation sites (tertiary alicyclic amines) is 1. The molecule has 1 amide bonds. The van der Waals surface area contributed by atoms with Crippen molar-refractivity contribution in [3.05, 3.63) is 0 Å². The summed E-state index contributed by atoms with van der Waals surface area (Å²) in [5.74, 6) is -0.369. The third kappa shape index (κ3) is 2.62. The van der Waals surface area contributed by atoms with Crippen LogP contribution in [0, 0.1) is 0 Å². The maximum absolute atomic E-state index is 11.5. The molecule has 5 nitrogen and oxygen atoms in total. The number of carboxylic acids is 1. The van der Waals surface area contributed by atoms with Gasteiger partial charge in [0.2, 0.25) is 0 Å². The first kappa shape index (κ1) is 11.3. The second-order valence-electron chi connectivity index (χ2n) is 3.09. The van der Waals surface area contributed by atoms with Gasteiger partial charge in [-0.15, -0.1) is 0 Å². The number of carboxylic acid groups (broad SMARTS) is 1. The summed E-state index contributed by atoms with van der Waals surface area (Å²) in [6.07, 6.45) is 1.33. The van der Waals surface area contributed by atoms with Crippen LogP contribution in [0.1, 0.15) is 12.8 Å². The molecule has 1 aliphatic rings. The third-order valence-corrected chi connectivity index (χ3v) is 3.04. The molecule has 1 saturated heterocycles. The average molecular weight is 218 g/mol. The van der Waals surface area contributed by atoms with E-state index in [1.807, 2.05) is 0 Å². The molecule has 0 saturated carbocycles. The molecule has 6 heteroatoms. The van der Waals surface area contributed by atoms with E-state index in [-0.39, 0.29) is 5.24 Å². The summed E-state index contributed by atoms with van der Waals surface area (Å²) in [4.78, 5) is 23.7. The molecule has 14 heavy (non-hydrogen) atoms. The quantitative estimate of drug-likeness (QED) is 0.714. The Morgan fingerprint density at radius 3 is 2.86 bits per heavy atom. The molecule has 1 heterocycles. The Morgan fingerprint density at radius 2 is 2.29 bits per heavy atom. The number of nitrogens with two attached hydrogens (primary N) is 1. The summed E-state index contributed by atoms with van der Waals surface area (Å²) in [6.45, 7) is 0.982. The summed E-state index contributed by atoms with van der Waals surface area (Å²) in [5, 5.41) is 8.66. The topological polar surface area (TPSA) is 83.6 Å². The second-order valence-corrected chi connectivity index (χ2v) is 4.14. The Kier molecular flexibility index (Phi) is 4.21. The molecule has 0 bridgehead atoms. The molecule has 0 aromatic heterocycles. The molecular weight excluding hydrogens is 204 g/mol. The molecule has 1 aliphatic heterocycles. The highest BCUT2D eigenvalue weighted by molar-refractivity contribution is 8.13. The highest BCUT2D eigenvalue weighted by Crippen LogP contribution is 2.21. The van der Waals surface area contributed by atoms with Gasteiger partial charge in [-0.25, -0.2) is 4.79 Å². The Hall–Kier alpha value is -0.750. The number of carbonyl (C=O) groups is 2. The van der Waals surface area contributed by atoms with E-state index in [4.69, 9.17) is 10.8 Å². The summed E-state index contributed by atoms with van der Waals surface area (Å²) in [7, 11) is 0. The Labute approximate surface area is 86.6 Å². The summed E-state index contributed by atoms with van der Waals surface area (Å²) in [5.41, 5.74) is 5.26. The fourth-order valence-corrected chi connectivity index (χ4v) is 2.15. The van der Waals surface area contributed by atoms with Gasteiger partial charge in [-0.1, -0.05) is 11.8 Å². The van der Waals surface area contributed by atoms with Crippen LogP contribution in [-0.2, 0) is 4.79 Å². The van der Waals surface area contributed by atoms with Crippen molar-refractivity contribution in [2.24, 2.45) is 5.73 Å². The zero-order chi connectivity index (χ0) is 10.6. The van der Waals surface area contributed by atoms with Crippen molar-refractivity contribution in [2.45, 2.75) is 18.9 Å². The molecule has 1 rings (SSSR count). The number of hydrogen-bond acceptors (Lipinski definition) is 4. The lowest BCUT2D eigenvalue weighted by Gasteiger charge is -2.20. The van der Waals surface area contributed by atoms with E-state index < -0.39 is 12.0 Å². The van der Waals surface area contributed by atoms with Crippen molar-refractivity contribution < 1.29 is 14.7 Å². The maximum atomic E-state index is 11.5. The maximum Gasteiger partial charge on any atom is 0.326 e. The van der Waals surface area contributed by atoms with Gasteiger partial charge in [0.15, 0.2) is 0 Å². The van der Waals surface area contributed by atoms with Gasteiger partial charge >= 0.3 is 5.97 Å². The Bertz CT molecular complexity index is 235. The fourth-order valence-electron chi connectivity index (χ4n) is 1.47. The van der Waals surface area contributed by atoms with Crippen LogP contribution < -0.4 is 5.73 Å². The Balaban J connectivity index is 2.49. The molecule has 80 valence electrons. The van der Waals surface area contributed by atoms with E-state index in [2.05, 4.69) is 0 Å². The Morgan fingerprint density at radius 1 is 1.57 bits per heavy atom. The van der Waals surface area contributed by atoms with Crippen LogP contribution in [0.3, 0.4) is 0 Å². The van der Waals surface area contributed by atoms with E-state index in [1.54, 1.807) is 0 Å². The number of carbonyl (C=O) groups excluding carboxylic acids is 1. The van der Waals surface area contributed by atoms with Crippen molar-refractivity contribution in [3.63, 3.8) is 0 Å². The van der Waals surface area contributed by atoms with Crippen LogP contribution in [-0.4, -0.2) is 46.1 Å². The van der Waals surface area contributed by atoms with E-state index in [0.717, 1.165) is 18.2 Å².